The number of anilines is 1. The number of hydrogen-bond acceptors (Lipinski definition) is 4. The van der Waals surface area contributed by atoms with Gasteiger partial charge in [-0.2, -0.15) is 0 Å². The molecule has 0 aromatic heterocycles. The molecule has 1 rings (SSSR count). The molecule has 0 aliphatic rings. The lowest BCUT2D eigenvalue weighted by molar-refractivity contribution is 0.217. The molecular weight excluding hydrogens is 304 g/mol. The van der Waals surface area contributed by atoms with Crippen LogP contribution in [-0.4, -0.2) is 37.3 Å². The molecule has 0 bridgehead atoms. The Kier molecular flexibility index (Phi) is 6.13. The third-order valence-corrected chi connectivity index (χ3v) is 7.02. The third kappa shape index (κ3) is 5.20. The normalized spacial score (nSPS) is 14.4. The van der Waals surface area contributed by atoms with E-state index in [0.717, 1.165) is 4.90 Å². The monoisotopic (exact) mass is 330 g/mol. The molecule has 0 saturated carbocycles. The van der Waals surface area contributed by atoms with Gasteiger partial charge in [0.25, 0.3) is 0 Å². The first-order valence-corrected chi connectivity index (χ1v) is 9.58. The van der Waals surface area contributed by atoms with Gasteiger partial charge in [-0.1, -0.05) is 32.9 Å². The summed E-state index contributed by atoms with van der Waals surface area (Å²) >= 11 is 1.48. The minimum Gasteiger partial charge on any atom is -0.398 e. The van der Waals surface area contributed by atoms with Gasteiger partial charge in [0.2, 0.25) is 10.0 Å². The van der Waals surface area contributed by atoms with Crippen molar-refractivity contribution in [3.63, 3.8) is 0 Å². The molecule has 0 saturated heterocycles. The van der Waals surface area contributed by atoms with Crippen molar-refractivity contribution in [2.24, 2.45) is 5.41 Å². The van der Waals surface area contributed by atoms with Crippen molar-refractivity contribution in [1.29, 1.82) is 0 Å². The molecule has 1 aromatic carbocycles. The third-order valence-electron chi connectivity index (χ3n) is 3.76. The van der Waals surface area contributed by atoms with Crippen LogP contribution in [0.5, 0.6) is 0 Å². The van der Waals surface area contributed by atoms with Crippen LogP contribution in [0, 0.1) is 5.41 Å². The van der Waals surface area contributed by atoms with Gasteiger partial charge in [0, 0.05) is 29.4 Å². The molecular formula is C15H26N2O2S2. The van der Waals surface area contributed by atoms with Crippen LogP contribution >= 0.6 is 11.8 Å². The van der Waals surface area contributed by atoms with Gasteiger partial charge in [0.15, 0.2) is 0 Å². The Morgan fingerprint density at radius 3 is 2.38 bits per heavy atom. The van der Waals surface area contributed by atoms with E-state index in [4.69, 9.17) is 5.73 Å². The summed E-state index contributed by atoms with van der Waals surface area (Å²) in [5.41, 5.74) is 6.46. The fourth-order valence-electron chi connectivity index (χ4n) is 1.80. The minimum atomic E-state index is -3.25. The summed E-state index contributed by atoms with van der Waals surface area (Å²) in [6.45, 7) is 8.08. The first-order valence-electron chi connectivity index (χ1n) is 6.98. The molecule has 6 heteroatoms. The van der Waals surface area contributed by atoms with Crippen LogP contribution in [0.25, 0.3) is 0 Å². The maximum Gasteiger partial charge on any atom is 0.214 e. The SMILES string of the molecule is CC(N(C)S(=O)(=O)CCSc1ccccc1N)C(C)(C)C. The first kappa shape index (κ1) is 18.3. The molecule has 0 radical (unpaired) electrons. The molecule has 21 heavy (non-hydrogen) atoms. The van der Waals surface area contributed by atoms with E-state index in [9.17, 15) is 8.42 Å². The Labute approximate surface area is 133 Å². The van der Waals surface area contributed by atoms with Gasteiger partial charge >= 0.3 is 0 Å². The smallest absolute Gasteiger partial charge is 0.214 e. The first-order chi connectivity index (χ1) is 9.55. The van der Waals surface area contributed by atoms with E-state index in [1.165, 1.54) is 16.1 Å². The largest absolute Gasteiger partial charge is 0.398 e. The Hall–Kier alpha value is -0.720. The van der Waals surface area contributed by atoms with Crippen molar-refractivity contribution in [3.05, 3.63) is 24.3 Å². The average Bonchev–Trinajstić information content (AvgIpc) is 2.38. The fraction of sp³-hybridized carbons (Fsp3) is 0.600. The summed E-state index contributed by atoms with van der Waals surface area (Å²) in [5.74, 6) is 0.612. The summed E-state index contributed by atoms with van der Waals surface area (Å²) < 4.78 is 26.2. The average molecular weight is 331 g/mol. The minimum absolute atomic E-state index is 0.0469. The predicted molar refractivity (Wildman–Crippen MR) is 92.0 cm³/mol. The number of thioether (sulfide) groups is 1. The van der Waals surface area contributed by atoms with E-state index in [1.807, 2.05) is 52.0 Å². The Bertz CT molecular complexity index is 565. The molecule has 2 N–H and O–H groups in total. The lowest BCUT2D eigenvalue weighted by atomic mass is 9.88. The summed E-state index contributed by atoms with van der Waals surface area (Å²) in [6.07, 6.45) is 0. The summed E-state index contributed by atoms with van der Waals surface area (Å²) in [6, 6.07) is 7.46. The number of nitrogen functional groups attached to an aromatic ring is 1. The van der Waals surface area contributed by atoms with Crippen LogP contribution in [0.4, 0.5) is 5.69 Å². The second kappa shape index (κ2) is 7.03. The van der Waals surface area contributed by atoms with E-state index in [2.05, 4.69) is 0 Å². The number of rotatable bonds is 6. The van der Waals surface area contributed by atoms with E-state index in [-0.39, 0.29) is 17.2 Å². The highest BCUT2D eigenvalue weighted by Crippen LogP contribution is 2.27. The Balaban J connectivity index is 2.64. The van der Waals surface area contributed by atoms with Crippen molar-refractivity contribution in [3.8, 4) is 0 Å². The highest BCUT2D eigenvalue weighted by Gasteiger charge is 2.30. The second-order valence-corrected chi connectivity index (χ2v) is 9.55. The Morgan fingerprint density at radius 1 is 1.29 bits per heavy atom. The van der Waals surface area contributed by atoms with Crippen LogP contribution in [0.3, 0.4) is 0 Å². The molecule has 1 unspecified atom stereocenters. The number of nitrogens with two attached hydrogens (primary N) is 1. The van der Waals surface area contributed by atoms with E-state index in [1.54, 1.807) is 7.05 Å². The van der Waals surface area contributed by atoms with Crippen LogP contribution in [0.1, 0.15) is 27.7 Å². The van der Waals surface area contributed by atoms with E-state index in [0.29, 0.717) is 11.4 Å². The van der Waals surface area contributed by atoms with Gasteiger partial charge < -0.3 is 5.73 Å². The maximum absolute atomic E-state index is 12.4. The van der Waals surface area contributed by atoms with Crippen LogP contribution in [-0.2, 0) is 10.0 Å². The quantitative estimate of drug-likeness (QED) is 0.643. The van der Waals surface area contributed by atoms with Crippen LogP contribution < -0.4 is 5.73 Å². The van der Waals surface area contributed by atoms with Gasteiger partial charge in [0.05, 0.1) is 5.75 Å². The molecule has 0 amide bonds. The highest BCUT2D eigenvalue weighted by atomic mass is 32.2. The topological polar surface area (TPSA) is 63.4 Å². The van der Waals surface area contributed by atoms with Gasteiger partial charge in [-0.25, -0.2) is 12.7 Å². The number of benzene rings is 1. The lowest BCUT2D eigenvalue weighted by Crippen LogP contribution is -2.44. The molecule has 0 spiro atoms. The van der Waals surface area contributed by atoms with Crippen molar-refractivity contribution in [2.75, 3.05) is 24.3 Å². The molecule has 120 valence electrons. The van der Waals surface area contributed by atoms with Gasteiger partial charge in [-0.3, -0.25) is 0 Å². The number of sulfonamides is 1. The van der Waals surface area contributed by atoms with Crippen LogP contribution in [0.15, 0.2) is 29.2 Å². The zero-order valence-electron chi connectivity index (χ0n) is 13.5. The van der Waals surface area contributed by atoms with Crippen molar-refractivity contribution < 1.29 is 8.42 Å². The molecule has 0 fully saturated rings. The predicted octanol–water partition coefficient (Wildman–Crippen LogP) is 3.06. The fourth-order valence-corrected chi connectivity index (χ4v) is 4.69. The standard InChI is InChI=1S/C15H26N2O2S2/c1-12(15(2,3)4)17(5)21(18,19)11-10-20-14-9-7-6-8-13(14)16/h6-9,12H,10-11,16H2,1-5H3. The van der Waals surface area contributed by atoms with Crippen molar-refractivity contribution in [1.82, 2.24) is 4.31 Å². The maximum atomic E-state index is 12.4. The van der Waals surface area contributed by atoms with Crippen molar-refractivity contribution >= 4 is 27.5 Å². The number of hydrogen-bond donors (Lipinski definition) is 1. The zero-order chi connectivity index (χ0) is 16.3. The van der Waals surface area contributed by atoms with E-state index >= 15 is 0 Å². The molecule has 0 aliphatic heterocycles. The van der Waals surface area contributed by atoms with E-state index < -0.39 is 10.0 Å². The second-order valence-electron chi connectivity index (χ2n) is 6.26. The molecule has 1 aromatic rings. The van der Waals surface area contributed by atoms with Gasteiger partial charge in [-0.15, -0.1) is 11.8 Å². The van der Waals surface area contributed by atoms with Crippen molar-refractivity contribution in [2.45, 2.75) is 38.6 Å². The zero-order valence-corrected chi connectivity index (χ0v) is 15.1. The summed E-state index contributed by atoms with van der Waals surface area (Å²) in [7, 11) is -1.59. The number of nitrogens with zero attached hydrogens (tertiary/aromatic N) is 1. The molecule has 0 aliphatic carbocycles. The van der Waals surface area contributed by atoms with Crippen LogP contribution in [0.2, 0.25) is 0 Å². The molecule has 1 atom stereocenters. The Morgan fingerprint density at radius 2 is 1.86 bits per heavy atom. The summed E-state index contributed by atoms with van der Waals surface area (Å²) in [5, 5.41) is 0. The lowest BCUT2D eigenvalue weighted by Gasteiger charge is -2.34. The molecule has 0 heterocycles. The molecule has 4 nitrogen and oxygen atoms in total. The number of para-hydroxylation sites is 1. The van der Waals surface area contributed by atoms with Gasteiger partial charge in [-0.05, 0) is 24.5 Å². The van der Waals surface area contributed by atoms with Gasteiger partial charge in [0.1, 0.15) is 0 Å². The highest BCUT2D eigenvalue weighted by molar-refractivity contribution is 8.00. The summed E-state index contributed by atoms with van der Waals surface area (Å²) in [4.78, 5) is 0.930.